The van der Waals surface area contributed by atoms with Gasteiger partial charge in [0, 0.05) is 11.9 Å². The van der Waals surface area contributed by atoms with Crippen LogP contribution in [0.2, 0.25) is 0 Å². The maximum absolute atomic E-state index is 8.85. The minimum atomic E-state index is 0.302. The Hall–Kier alpha value is -2.41. The lowest BCUT2D eigenvalue weighted by atomic mass is 10.3. The minimum Gasteiger partial charge on any atom is -0.436 e. The van der Waals surface area contributed by atoms with Crippen molar-refractivity contribution in [2.45, 2.75) is 6.92 Å². The summed E-state index contributed by atoms with van der Waals surface area (Å²) < 4.78 is 5.46. The first kappa shape index (κ1) is 10.1. The summed E-state index contributed by atoms with van der Waals surface area (Å²) in [4.78, 5) is 8.09. The molecular weight excluding hydrogens is 202 g/mol. The summed E-state index contributed by atoms with van der Waals surface area (Å²) in [5.41, 5.74) is 1.32. The number of aryl methyl sites for hydroxylation is 1. The third-order valence-corrected chi connectivity index (χ3v) is 1.99. The molecule has 16 heavy (non-hydrogen) atoms. The number of hydrogen-bond acceptors (Lipinski definition) is 4. The molecule has 0 saturated heterocycles. The van der Waals surface area contributed by atoms with E-state index in [0.29, 0.717) is 17.2 Å². The molecule has 0 aliphatic rings. The fraction of sp³-hybridized carbons (Fsp3) is 0.0833. The number of aromatic nitrogens is 2. The van der Waals surface area contributed by atoms with Crippen LogP contribution in [0.1, 0.15) is 11.3 Å². The first-order chi connectivity index (χ1) is 7.79. The Morgan fingerprint density at radius 2 is 2.12 bits per heavy atom. The molecule has 0 unspecified atom stereocenters. The average molecular weight is 211 g/mol. The van der Waals surface area contributed by atoms with Crippen molar-refractivity contribution < 1.29 is 4.74 Å². The van der Waals surface area contributed by atoms with Gasteiger partial charge in [-0.15, -0.1) is 0 Å². The summed E-state index contributed by atoms with van der Waals surface area (Å²) >= 11 is 0. The van der Waals surface area contributed by atoms with Gasteiger partial charge in [0.15, 0.2) is 0 Å². The number of hydrogen-bond donors (Lipinski definition) is 0. The molecule has 78 valence electrons. The Kier molecular flexibility index (Phi) is 2.79. The highest BCUT2D eigenvalue weighted by Gasteiger charge is 2.04. The van der Waals surface area contributed by atoms with Crippen LogP contribution >= 0.6 is 0 Å². The van der Waals surface area contributed by atoms with Crippen LogP contribution in [0, 0.1) is 18.3 Å². The SMILES string of the molecule is Cc1ccc(Oc2ncccc2C#N)cn1. The van der Waals surface area contributed by atoms with Crippen molar-refractivity contribution in [2.75, 3.05) is 0 Å². The maximum atomic E-state index is 8.85. The fourth-order valence-electron chi connectivity index (χ4n) is 1.18. The molecule has 0 bridgehead atoms. The zero-order valence-electron chi connectivity index (χ0n) is 8.71. The highest BCUT2D eigenvalue weighted by Crippen LogP contribution is 2.21. The zero-order chi connectivity index (χ0) is 11.4. The highest BCUT2D eigenvalue weighted by atomic mass is 16.5. The first-order valence-corrected chi connectivity index (χ1v) is 4.75. The number of pyridine rings is 2. The molecular formula is C12H9N3O. The molecule has 0 spiro atoms. The van der Waals surface area contributed by atoms with Crippen LogP contribution in [0.25, 0.3) is 0 Å². The fourth-order valence-corrected chi connectivity index (χ4v) is 1.18. The normalized spacial score (nSPS) is 9.50. The van der Waals surface area contributed by atoms with Crippen molar-refractivity contribution >= 4 is 0 Å². The smallest absolute Gasteiger partial charge is 0.237 e. The molecule has 0 saturated carbocycles. The number of rotatable bonds is 2. The standard InChI is InChI=1S/C12H9N3O/c1-9-4-5-11(8-15-9)16-12-10(7-13)3-2-6-14-12/h2-6,8H,1H3. The summed E-state index contributed by atoms with van der Waals surface area (Å²) in [7, 11) is 0. The van der Waals surface area contributed by atoms with E-state index in [1.807, 2.05) is 19.1 Å². The van der Waals surface area contributed by atoms with E-state index in [0.717, 1.165) is 5.69 Å². The molecule has 0 amide bonds. The molecule has 0 aliphatic carbocycles. The van der Waals surface area contributed by atoms with Gasteiger partial charge in [-0.3, -0.25) is 4.98 Å². The summed E-state index contributed by atoms with van der Waals surface area (Å²) in [6, 6.07) is 9.00. The van der Waals surface area contributed by atoms with Gasteiger partial charge in [0.05, 0.1) is 6.20 Å². The van der Waals surface area contributed by atoms with Gasteiger partial charge >= 0.3 is 0 Å². The molecule has 0 aromatic carbocycles. The third kappa shape index (κ3) is 2.15. The van der Waals surface area contributed by atoms with Crippen molar-refractivity contribution in [1.29, 1.82) is 5.26 Å². The summed E-state index contributed by atoms with van der Waals surface area (Å²) in [5.74, 6) is 0.872. The molecule has 4 heteroatoms. The van der Waals surface area contributed by atoms with Crippen molar-refractivity contribution in [2.24, 2.45) is 0 Å². The Balaban J connectivity index is 2.27. The highest BCUT2D eigenvalue weighted by molar-refractivity contribution is 5.39. The third-order valence-electron chi connectivity index (χ3n) is 1.99. The van der Waals surface area contributed by atoms with Crippen LogP contribution in [-0.4, -0.2) is 9.97 Å². The van der Waals surface area contributed by atoms with Crippen LogP contribution in [0.5, 0.6) is 11.6 Å². The molecule has 0 fully saturated rings. The quantitative estimate of drug-likeness (QED) is 0.765. The molecule has 2 rings (SSSR count). The monoisotopic (exact) mass is 211 g/mol. The summed E-state index contributed by atoms with van der Waals surface area (Å²) in [6.07, 6.45) is 3.18. The lowest BCUT2D eigenvalue weighted by Gasteiger charge is -2.05. The number of nitriles is 1. The molecule has 0 aliphatic heterocycles. The number of ether oxygens (including phenoxy) is 1. The molecule has 2 heterocycles. The van der Waals surface area contributed by atoms with Gasteiger partial charge in [0.1, 0.15) is 17.4 Å². The van der Waals surface area contributed by atoms with E-state index in [2.05, 4.69) is 9.97 Å². The van der Waals surface area contributed by atoms with Gasteiger partial charge in [-0.1, -0.05) is 0 Å². The Morgan fingerprint density at radius 3 is 2.81 bits per heavy atom. The molecule has 2 aromatic heterocycles. The lowest BCUT2D eigenvalue weighted by Crippen LogP contribution is -1.92. The Labute approximate surface area is 93.2 Å². The topological polar surface area (TPSA) is 58.8 Å². The van der Waals surface area contributed by atoms with Gasteiger partial charge in [-0.2, -0.15) is 5.26 Å². The van der Waals surface area contributed by atoms with Crippen molar-refractivity contribution in [3.8, 4) is 17.7 Å². The first-order valence-electron chi connectivity index (χ1n) is 4.75. The summed E-state index contributed by atoms with van der Waals surface area (Å²) in [5, 5.41) is 8.85. The van der Waals surface area contributed by atoms with E-state index in [1.165, 1.54) is 0 Å². The second-order valence-electron chi connectivity index (χ2n) is 3.21. The molecule has 4 nitrogen and oxygen atoms in total. The van der Waals surface area contributed by atoms with Crippen LogP contribution in [0.15, 0.2) is 36.7 Å². The van der Waals surface area contributed by atoms with Gasteiger partial charge in [0.2, 0.25) is 5.88 Å². The van der Waals surface area contributed by atoms with Crippen LogP contribution < -0.4 is 4.74 Å². The Morgan fingerprint density at radius 1 is 1.25 bits per heavy atom. The van der Waals surface area contributed by atoms with Crippen molar-refractivity contribution in [3.63, 3.8) is 0 Å². The Bertz CT molecular complexity index is 529. The molecule has 2 aromatic rings. The van der Waals surface area contributed by atoms with Gasteiger partial charge < -0.3 is 4.74 Å². The van der Waals surface area contributed by atoms with E-state index in [9.17, 15) is 0 Å². The van der Waals surface area contributed by atoms with E-state index < -0.39 is 0 Å². The second-order valence-corrected chi connectivity index (χ2v) is 3.21. The molecule has 0 atom stereocenters. The average Bonchev–Trinajstić information content (AvgIpc) is 2.33. The van der Waals surface area contributed by atoms with Crippen LogP contribution in [0.3, 0.4) is 0 Å². The number of nitrogens with zero attached hydrogens (tertiary/aromatic N) is 3. The van der Waals surface area contributed by atoms with Crippen LogP contribution in [0.4, 0.5) is 0 Å². The minimum absolute atomic E-state index is 0.302. The van der Waals surface area contributed by atoms with Gasteiger partial charge in [0.25, 0.3) is 0 Å². The predicted octanol–water partition coefficient (Wildman–Crippen LogP) is 2.45. The largest absolute Gasteiger partial charge is 0.436 e. The van der Waals surface area contributed by atoms with E-state index in [4.69, 9.17) is 10.00 Å². The zero-order valence-corrected chi connectivity index (χ0v) is 8.71. The van der Waals surface area contributed by atoms with Crippen LogP contribution in [-0.2, 0) is 0 Å². The van der Waals surface area contributed by atoms with Gasteiger partial charge in [-0.05, 0) is 31.2 Å². The van der Waals surface area contributed by atoms with E-state index >= 15 is 0 Å². The van der Waals surface area contributed by atoms with Crippen molar-refractivity contribution in [3.05, 3.63) is 47.9 Å². The maximum Gasteiger partial charge on any atom is 0.237 e. The van der Waals surface area contributed by atoms with E-state index in [1.54, 1.807) is 30.6 Å². The van der Waals surface area contributed by atoms with E-state index in [-0.39, 0.29) is 0 Å². The summed E-state index contributed by atoms with van der Waals surface area (Å²) in [6.45, 7) is 1.89. The van der Waals surface area contributed by atoms with Gasteiger partial charge in [-0.25, -0.2) is 4.98 Å². The van der Waals surface area contributed by atoms with Crippen molar-refractivity contribution in [1.82, 2.24) is 9.97 Å². The predicted molar refractivity (Wildman–Crippen MR) is 58.0 cm³/mol. The lowest BCUT2D eigenvalue weighted by molar-refractivity contribution is 0.459. The molecule has 0 N–H and O–H groups in total. The molecule has 0 radical (unpaired) electrons. The second kappa shape index (κ2) is 4.41.